The Labute approximate surface area is 262 Å². The van der Waals surface area contributed by atoms with Gasteiger partial charge < -0.3 is 24.3 Å². The molecule has 2 heterocycles. The Kier molecular flexibility index (Phi) is 11.5. The fourth-order valence-electron chi connectivity index (χ4n) is 5.65. The van der Waals surface area contributed by atoms with Gasteiger partial charge in [-0.3, -0.25) is 0 Å². The zero-order chi connectivity index (χ0) is 29.9. The lowest BCUT2D eigenvalue weighted by Crippen LogP contribution is -2.29. The Morgan fingerprint density at radius 1 is 0.860 bits per heavy atom. The zero-order valence-electron chi connectivity index (χ0n) is 25.6. The van der Waals surface area contributed by atoms with E-state index in [4.69, 9.17) is 26.1 Å². The SMILES string of the molecule is CCN(CC)CCCOc1ccc(-n2cc(-c3ccc(OCCc4ccc(Cl)cc4)cc3)nc2CC2CCNCC2)cc1. The minimum absolute atomic E-state index is 0.617. The van der Waals surface area contributed by atoms with Crippen LogP contribution in [0.4, 0.5) is 0 Å². The van der Waals surface area contributed by atoms with Gasteiger partial charge in [0.15, 0.2) is 0 Å². The molecule has 0 saturated carbocycles. The van der Waals surface area contributed by atoms with Gasteiger partial charge in [0.2, 0.25) is 0 Å². The van der Waals surface area contributed by atoms with Crippen molar-refractivity contribution in [2.24, 2.45) is 5.92 Å². The van der Waals surface area contributed by atoms with Crippen molar-refractivity contribution < 1.29 is 9.47 Å². The van der Waals surface area contributed by atoms with Gasteiger partial charge in [0, 0.05) is 41.9 Å². The molecule has 5 rings (SSSR count). The van der Waals surface area contributed by atoms with Gasteiger partial charge in [0.05, 0.1) is 18.9 Å². The summed E-state index contributed by atoms with van der Waals surface area (Å²) < 4.78 is 14.3. The molecule has 7 heteroatoms. The molecule has 0 radical (unpaired) electrons. The van der Waals surface area contributed by atoms with E-state index in [9.17, 15) is 0 Å². The molecule has 1 aromatic heterocycles. The number of nitrogens with one attached hydrogen (secondary N) is 1. The molecule has 1 aliphatic rings. The highest BCUT2D eigenvalue weighted by molar-refractivity contribution is 6.30. The molecule has 0 unspecified atom stereocenters. The summed E-state index contributed by atoms with van der Waals surface area (Å²) in [4.78, 5) is 7.59. The second-order valence-electron chi connectivity index (χ2n) is 11.3. The van der Waals surface area contributed by atoms with E-state index in [1.807, 2.05) is 36.4 Å². The van der Waals surface area contributed by atoms with Crippen molar-refractivity contribution in [1.82, 2.24) is 19.8 Å². The summed E-state index contributed by atoms with van der Waals surface area (Å²) in [5.74, 6) is 3.52. The Balaban J connectivity index is 1.25. The largest absolute Gasteiger partial charge is 0.494 e. The number of piperidine rings is 1. The first-order valence-electron chi connectivity index (χ1n) is 15.8. The minimum atomic E-state index is 0.617. The molecule has 0 spiro atoms. The second kappa shape index (κ2) is 15.9. The second-order valence-corrected chi connectivity index (χ2v) is 11.7. The first-order valence-corrected chi connectivity index (χ1v) is 16.2. The topological polar surface area (TPSA) is 51.5 Å². The van der Waals surface area contributed by atoms with Gasteiger partial charge in [0.1, 0.15) is 17.3 Å². The number of hydrogen-bond donors (Lipinski definition) is 1. The Morgan fingerprint density at radius 3 is 2.19 bits per heavy atom. The number of halogens is 1. The van der Waals surface area contributed by atoms with E-state index in [0.29, 0.717) is 12.5 Å². The van der Waals surface area contributed by atoms with Crippen LogP contribution in [0.25, 0.3) is 16.9 Å². The molecule has 0 amide bonds. The standard InChI is InChI=1S/C36H45ClN4O2/c1-3-40(4-2)23-5-24-42-34-16-12-32(13-17-34)41-27-35(39-36(41)26-29-18-21-38-22-19-29)30-8-14-33(15-9-30)43-25-20-28-6-10-31(37)11-7-28/h6-17,27,29,38H,3-5,18-26H2,1-2H3. The number of imidazole rings is 1. The lowest BCUT2D eigenvalue weighted by molar-refractivity contribution is 0.249. The highest BCUT2D eigenvalue weighted by Gasteiger charge is 2.19. The van der Waals surface area contributed by atoms with E-state index in [1.165, 1.54) is 18.4 Å². The maximum Gasteiger partial charge on any atom is 0.119 e. The summed E-state index contributed by atoms with van der Waals surface area (Å²) >= 11 is 6.00. The molecule has 43 heavy (non-hydrogen) atoms. The lowest BCUT2D eigenvalue weighted by Gasteiger charge is -2.22. The average molecular weight is 601 g/mol. The molecule has 228 valence electrons. The summed E-state index contributed by atoms with van der Waals surface area (Å²) in [6.45, 7) is 11.2. The molecular formula is C36H45ClN4O2. The molecule has 1 N–H and O–H groups in total. The number of benzene rings is 3. The smallest absolute Gasteiger partial charge is 0.119 e. The maximum atomic E-state index is 6.06. The maximum absolute atomic E-state index is 6.06. The molecule has 3 aromatic carbocycles. The summed E-state index contributed by atoms with van der Waals surface area (Å²) in [5.41, 5.74) is 4.39. The molecule has 1 saturated heterocycles. The van der Waals surface area contributed by atoms with Crippen LogP contribution in [-0.4, -0.2) is 60.4 Å². The number of aromatic nitrogens is 2. The van der Waals surface area contributed by atoms with E-state index in [-0.39, 0.29) is 0 Å². The summed E-state index contributed by atoms with van der Waals surface area (Å²) in [6.07, 6.45) is 7.38. The van der Waals surface area contributed by atoms with Gasteiger partial charge in [-0.2, -0.15) is 0 Å². The monoisotopic (exact) mass is 600 g/mol. The van der Waals surface area contributed by atoms with E-state index >= 15 is 0 Å². The van der Waals surface area contributed by atoms with Crippen LogP contribution in [-0.2, 0) is 12.8 Å². The van der Waals surface area contributed by atoms with Crippen LogP contribution in [0.5, 0.6) is 11.5 Å². The van der Waals surface area contributed by atoms with Gasteiger partial charge >= 0.3 is 0 Å². The number of nitrogens with zero attached hydrogens (tertiary/aromatic N) is 3. The van der Waals surface area contributed by atoms with Crippen LogP contribution >= 0.6 is 11.6 Å². The Morgan fingerprint density at radius 2 is 1.51 bits per heavy atom. The van der Waals surface area contributed by atoms with Gasteiger partial charge in [-0.15, -0.1) is 0 Å². The van der Waals surface area contributed by atoms with Crippen LogP contribution in [0, 0.1) is 5.92 Å². The molecule has 0 bridgehead atoms. The van der Waals surface area contributed by atoms with E-state index in [1.54, 1.807) is 0 Å². The predicted octanol–water partition coefficient (Wildman–Crippen LogP) is 7.47. The van der Waals surface area contributed by atoms with Gasteiger partial charge in [0.25, 0.3) is 0 Å². The lowest BCUT2D eigenvalue weighted by atomic mass is 9.94. The molecule has 6 nitrogen and oxygen atoms in total. The van der Waals surface area contributed by atoms with Crippen molar-refractivity contribution >= 4 is 11.6 Å². The predicted molar refractivity (Wildman–Crippen MR) is 177 cm³/mol. The fourth-order valence-corrected chi connectivity index (χ4v) is 5.78. The van der Waals surface area contributed by atoms with Crippen molar-refractivity contribution in [1.29, 1.82) is 0 Å². The first kappa shape index (κ1) is 31.1. The zero-order valence-corrected chi connectivity index (χ0v) is 26.4. The Bertz CT molecular complexity index is 1380. The third-order valence-corrected chi connectivity index (χ3v) is 8.58. The summed E-state index contributed by atoms with van der Waals surface area (Å²) in [7, 11) is 0. The van der Waals surface area contributed by atoms with Crippen LogP contribution in [0.3, 0.4) is 0 Å². The third-order valence-electron chi connectivity index (χ3n) is 8.33. The van der Waals surface area contributed by atoms with Crippen molar-refractivity contribution in [3.05, 3.63) is 95.4 Å². The van der Waals surface area contributed by atoms with Crippen LogP contribution < -0.4 is 14.8 Å². The van der Waals surface area contributed by atoms with Gasteiger partial charge in [-0.25, -0.2) is 4.98 Å². The number of hydrogen-bond acceptors (Lipinski definition) is 5. The van der Waals surface area contributed by atoms with Crippen molar-refractivity contribution in [3.63, 3.8) is 0 Å². The number of rotatable bonds is 15. The summed E-state index contributed by atoms with van der Waals surface area (Å²) in [6, 6.07) is 24.7. The molecule has 1 fully saturated rings. The fraction of sp³-hybridized carbons (Fsp3) is 0.417. The molecule has 4 aromatic rings. The first-order chi connectivity index (χ1) is 21.1. The van der Waals surface area contributed by atoms with Crippen molar-refractivity contribution in [2.75, 3.05) is 45.9 Å². The van der Waals surface area contributed by atoms with Crippen molar-refractivity contribution in [3.8, 4) is 28.4 Å². The quantitative estimate of drug-likeness (QED) is 0.143. The van der Waals surface area contributed by atoms with Crippen LogP contribution in [0.15, 0.2) is 79.0 Å². The van der Waals surface area contributed by atoms with Gasteiger partial charge in [-0.1, -0.05) is 37.6 Å². The molecule has 0 aliphatic carbocycles. The Hall–Kier alpha value is -3.32. The molecule has 0 atom stereocenters. The molecule has 1 aliphatic heterocycles. The normalized spacial score (nSPS) is 13.9. The minimum Gasteiger partial charge on any atom is -0.494 e. The highest BCUT2D eigenvalue weighted by atomic mass is 35.5. The van der Waals surface area contributed by atoms with E-state index in [2.05, 4.69) is 71.2 Å². The summed E-state index contributed by atoms with van der Waals surface area (Å²) in [5, 5.41) is 4.24. The van der Waals surface area contributed by atoms with E-state index < -0.39 is 0 Å². The highest BCUT2D eigenvalue weighted by Crippen LogP contribution is 2.28. The average Bonchev–Trinajstić information content (AvgIpc) is 3.47. The third kappa shape index (κ3) is 9.09. The van der Waals surface area contributed by atoms with Crippen LogP contribution in [0.1, 0.15) is 44.5 Å². The molecular weight excluding hydrogens is 556 g/mol. The van der Waals surface area contributed by atoms with E-state index in [0.717, 1.165) is 97.9 Å². The van der Waals surface area contributed by atoms with Gasteiger partial charge in [-0.05, 0) is 118 Å². The number of ether oxygens (including phenoxy) is 2. The van der Waals surface area contributed by atoms with Crippen molar-refractivity contribution in [2.45, 2.75) is 46.0 Å². The van der Waals surface area contributed by atoms with Crippen LogP contribution in [0.2, 0.25) is 5.02 Å².